The van der Waals surface area contributed by atoms with Crippen molar-refractivity contribution in [2.45, 2.75) is 26.8 Å². The second-order valence-corrected chi connectivity index (χ2v) is 8.56. The second-order valence-electron chi connectivity index (χ2n) is 8.56. The number of urea groups is 1. The number of piperazine rings is 1. The van der Waals surface area contributed by atoms with Crippen molar-refractivity contribution in [2.75, 3.05) is 44.2 Å². The first-order chi connectivity index (χ1) is 17.0. The van der Waals surface area contributed by atoms with E-state index in [4.69, 9.17) is 9.72 Å². The number of hydrogen-bond acceptors (Lipinski definition) is 6. The van der Waals surface area contributed by atoms with Gasteiger partial charge in [-0.15, -0.1) is 0 Å². The predicted octanol–water partition coefficient (Wildman–Crippen LogP) is 2.54. The highest BCUT2D eigenvalue weighted by Crippen LogP contribution is 2.17. The van der Waals surface area contributed by atoms with Crippen LogP contribution >= 0.6 is 0 Å². The summed E-state index contributed by atoms with van der Waals surface area (Å²) in [5, 5.41) is 2.76. The molecular formula is C26H31N5O4. The van der Waals surface area contributed by atoms with Crippen molar-refractivity contribution in [2.24, 2.45) is 0 Å². The van der Waals surface area contributed by atoms with Gasteiger partial charge in [0.15, 0.2) is 5.82 Å². The Hall–Kier alpha value is -3.88. The number of carbonyl (C=O) groups excluding carboxylic acids is 2. The van der Waals surface area contributed by atoms with Crippen LogP contribution in [0.25, 0.3) is 11.0 Å². The first kappa shape index (κ1) is 24.3. The van der Waals surface area contributed by atoms with Crippen molar-refractivity contribution in [3.63, 3.8) is 0 Å². The number of aryl methyl sites for hydroxylation is 1. The number of anilines is 1. The number of fused-ring (bicyclic) bond motifs is 1. The molecule has 1 aliphatic rings. The molecule has 2 amide bonds. The van der Waals surface area contributed by atoms with Gasteiger partial charge in [0.1, 0.15) is 0 Å². The Balaban J connectivity index is 1.47. The maximum absolute atomic E-state index is 13.5. The standard InChI is InChI=1S/C26H31N5O4/c1-3-35-23(32)12-13-27-26(34)30-16-14-29(15-17-30)24-25(33)31(18-20-10-8-19(2)9-11-20)22-7-5-4-6-21(22)28-24/h4-11H,3,12-18H2,1-2H3,(H,27,34). The van der Waals surface area contributed by atoms with Crippen LogP contribution in [-0.2, 0) is 16.1 Å². The summed E-state index contributed by atoms with van der Waals surface area (Å²) in [4.78, 5) is 45.8. The van der Waals surface area contributed by atoms with Crippen LogP contribution in [0.4, 0.5) is 10.6 Å². The average molecular weight is 478 g/mol. The van der Waals surface area contributed by atoms with Gasteiger partial charge < -0.3 is 19.9 Å². The monoisotopic (exact) mass is 477 g/mol. The summed E-state index contributed by atoms with van der Waals surface area (Å²) in [6.45, 7) is 6.70. The van der Waals surface area contributed by atoms with Crippen molar-refractivity contribution < 1.29 is 14.3 Å². The van der Waals surface area contributed by atoms with Gasteiger partial charge >= 0.3 is 12.0 Å². The molecular weight excluding hydrogens is 446 g/mol. The molecule has 0 aliphatic carbocycles. The SMILES string of the molecule is CCOC(=O)CCNC(=O)N1CCN(c2nc3ccccc3n(Cc3ccc(C)cc3)c2=O)CC1. The molecule has 0 saturated carbocycles. The van der Waals surface area contributed by atoms with Crippen LogP contribution in [0, 0.1) is 6.92 Å². The van der Waals surface area contributed by atoms with E-state index in [9.17, 15) is 14.4 Å². The number of nitrogens with zero attached hydrogens (tertiary/aromatic N) is 4. The number of hydrogen-bond donors (Lipinski definition) is 1. The molecule has 0 spiro atoms. The largest absolute Gasteiger partial charge is 0.466 e. The minimum Gasteiger partial charge on any atom is -0.466 e. The van der Waals surface area contributed by atoms with Gasteiger partial charge in [-0.1, -0.05) is 42.0 Å². The molecule has 4 rings (SSSR count). The summed E-state index contributed by atoms with van der Waals surface area (Å²) >= 11 is 0. The number of nitrogens with one attached hydrogen (secondary N) is 1. The van der Waals surface area contributed by atoms with Gasteiger partial charge in [0.05, 0.1) is 30.6 Å². The van der Waals surface area contributed by atoms with E-state index in [1.807, 2.05) is 60.4 Å². The first-order valence-corrected chi connectivity index (χ1v) is 11.9. The van der Waals surface area contributed by atoms with Crippen molar-refractivity contribution in [1.29, 1.82) is 0 Å². The third-order valence-electron chi connectivity index (χ3n) is 6.07. The maximum atomic E-state index is 13.5. The quantitative estimate of drug-likeness (QED) is 0.526. The molecule has 35 heavy (non-hydrogen) atoms. The van der Waals surface area contributed by atoms with Crippen LogP contribution in [0.5, 0.6) is 0 Å². The fourth-order valence-corrected chi connectivity index (χ4v) is 4.16. The lowest BCUT2D eigenvalue weighted by molar-refractivity contribution is -0.142. The molecule has 1 saturated heterocycles. The third-order valence-corrected chi connectivity index (χ3v) is 6.07. The third kappa shape index (κ3) is 5.79. The number of benzene rings is 2. The van der Waals surface area contributed by atoms with Crippen molar-refractivity contribution in [1.82, 2.24) is 19.8 Å². The zero-order valence-electron chi connectivity index (χ0n) is 20.2. The highest BCUT2D eigenvalue weighted by Gasteiger charge is 2.25. The van der Waals surface area contributed by atoms with Crippen LogP contribution < -0.4 is 15.8 Å². The smallest absolute Gasteiger partial charge is 0.317 e. The fraction of sp³-hybridized carbons (Fsp3) is 0.385. The van der Waals surface area contributed by atoms with Crippen LogP contribution in [0.1, 0.15) is 24.5 Å². The zero-order valence-corrected chi connectivity index (χ0v) is 20.2. The summed E-state index contributed by atoms with van der Waals surface area (Å²) in [5.41, 5.74) is 3.62. The van der Waals surface area contributed by atoms with Gasteiger partial charge in [0, 0.05) is 32.7 Å². The molecule has 1 fully saturated rings. The first-order valence-electron chi connectivity index (χ1n) is 11.9. The highest BCUT2D eigenvalue weighted by atomic mass is 16.5. The average Bonchev–Trinajstić information content (AvgIpc) is 2.87. The van der Waals surface area contributed by atoms with Crippen LogP contribution in [0.2, 0.25) is 0 Å². The van der Waals surface area contributed by atoms with Crippen molar-refractivity contribution >= 4 is 28.9 Å². The van der Waals surface area contributed by atoms with Gasteiger partial charge in [-0.25, -0.2) is 9.78 Å². The van der Waals surface area contributed by atoms with Crippen molar-refractivity contribution in [3.8, 4) is 0 Å². The number of rotatable bonds is 7. The highest BCUT2D eigenvalue weighted by molar-refractivity contribution is 5.77. The molecule has 3 aromatic rings. The van der Waals surface area contributed by atoms with E-state index < -0.39 is 0 Å². The molecule has 1 aromatic heterocycles. The molecule has 1 aliphatic heterocycles. The van der Waals surface area contributed by atoms with Crippen LogP contribution in [-0.4, -0.2) is 65.8 Å². The summed E-state index contributed by atoms with van der Waals surface area (Å²) < 4.78 is 6.65. The van der Waals surface area contributed by atoms with E-state index in [1.165, 1.54) is 5.56 Å². The number of carbonyl (C=O) groups is 2. The number of para-hydroxylation sites is 2. The van der Waals surface area contributed by atoms with Crippen LogP contribution in [0.15, 0.2) is 53.3 Å². The van der Waals surface area contributed by atoms with Crippen molar-refractivity contribution in [3.05, 3.63) is 70.0 Å². The normalized spacial score (nSPS) is 13.7. The minimum atomic E-state index is -0.332. The lowest BCUT2D eigenvalue weighted by atomic mass is 10.1. The van der Waals surface area contributed by atoms with E-state index in [2.05, 4.69) is 5.32 Å². The lowest BCUT2D eigenvalue weighted by Crippen LogP contribution is -2.53. The Bertz CT molecular complexity index is 1250. The Kier molecular flexibility index (Phi) is 7.64. The van der Waals surface area contributed by atoms with E-state index in [0.717, 1.165) is 16.6 Å². The Morgan fingerprint density at radius 3 is 2.46 bits per heavy atom. The van der Waals surface area contributed by atoms with Gasteiger partial charge in [-0.05, 0) is 31.5 Å². The van der Waals surface area contributed by atoms with E-state index in [-0.39, 0.29) is 30.5 Å². The lowest BCUT2D eigenvalue weighted by Gasteiger charge is -2.35. The van der Waals surface area contributed by atoms with E-state index in [1.54, 1.807) is 16.4 Å². The predicted molar refractivity (Wildman–Crippen MR) is 135 cm³/mol. The van der Waals surface area contributed by atoms with E-state index >= 15 is 0 Å². The van der Waals surface area contributed by atoms with Gasteiger partial charge in [-0.2, -0.15) is 0 Å². The zero-order chi connectivity index (χ0) is 24.8. The summed E-state index contributed by atoms with van der Waals surface area (Å²) in [6.07, 6.45) is 0.140. The topological polar surface area (TPSA) is 96.8 Å². The van der Waals surface area contributed by atoms with Gasteiger partial charge in [0.2, 0.25) is 0 Å². The molecule has 184 valence electrons. The molecule has 9 heteroatoms. The summed E-state index contributed by atoms with van der Waals surface area (Å²) in [6, 6.07) is 15.6. The molecule has 2 heterocycles. The number of esters is 1. The fourth-order valence-electron chi connectivity index (χ4n) is 4.16. The molecule has 0 atom stereocenters. The number of aromatic nitrogens is 2. The minimum absolute atomic E-state index is 0.140. The van der Waals surface area contributed by atoms with Crippen LogP contribution in [0.3, 0.4) is 0 Å². The maximum Gasteiger partial charge on any atom is 0.317 e. The molecule has 9 nitrogen and oxygen atoms in total. The van der Waals surface area contributed by atoms with E-state index in [0.29, 0.717) is 45.1 Å². The summed E-state index contributed by atoms with van der Waals surface area (Å²) in [7, 11) is 0. The Morgan fingerprint density at radius 2 is 1.74 bits per heavy atom. The Labute approximate surface area is 204 Å². The molecule has 0 radical (unpaired) electrons. The number of ether oxygens (including phenoxy) is 1. The summed E-state index contributed by atoms with van der Waals surface area (Å²) in [5.74, 6) is 0.0695. The molecule has 0 unspecified atom stereocenters. The Morgan fingerprint density at radius 1 is 1.03 bits per heavy atom. The van der Waals surface area contributed by atoms with Gasteiger partial charge in [0.25, 0.3) is 5.56 Å². The molecule has 0 bridgehead atoms. The van der Waals surface area contributed by atoms with Gasteiger partial charge in [-0.3, -0.25) is 14.2 Å². The molecule has 1 N–H and O–H groups in total. The second kappa shape index (κ2) is 11.0. The number of amides is 2. The molecule has 2 aromatic carbocycles.